The second-order valence-electron chi connectivity index (χ2n) is 6.46. The van der Waals surface area contributed by atoms with Crippen molar-refractivity contribution in [3.8, 4) is 0 Å². The molecule has 2 atom stereocenters. The molecule has 1 aliphatic rings. The van der Waals surface area contributed by atoms with E-state index in [1.807, 2.05) is 0 Å². The fourth-order valence-corrected chi connectivity index (χ4v) is 3.06. The molecule has 1 heterocycles. The highest BCUT2D eigenvalue weighted by Crippen LogP contribution is 2.37. The number of benzene rings is 1. The number of likely N-dealkylation sites (tertiary alicyclic amines) is 1. The summed E-state index contributed by atoms with van der Waals surface area (Å²) in [6.07, 6.45) is -4.24. The number of aliphatic carboxylic acids is 1. The Kier molecular flexibility index (Phi) is 6.50. The second-order valence-corrected chi connectivity index (χ2v) is 6.46. The number of amides is 2. The first-order chi connectivity index (χ1) is 12.6. The predicted octanol–water partition coefficient (Wildman–Crippen LogP) is 2.56. The predicted molar refractivity (Wildman–Crippen MR) is 89.9 cm³/mol. The molecule has 1 aromatic carbocycles. The Balaban J connectivity index is 1.81. The van der Waals surface area contributed by atoms with Crippen LogP contribution in [-0.4, -0.2) is 61.4 Å². The lowest BCUT2D eigenvalue weighted by atomic mass is 9.96. The normalized spacial score (nSPS) is 19.8. The largest absolute Gasteiger partial charge is 0.481 e. The first-order valence-electron chi connectivity index (χ1n) is 8.39. The summed E-state index contributed by atoms with van der Waals surface area (Å²) < 4.78 is 52.5. The fourth-order valence-electron chi connectivity index (χ4n) is 3.06. The number of carboxylic acid groups (broad SMARTS) is 1. The molecule has 0 aromatic heterocycles. The molecular weight excluding hydrogens is 370 g/mol. The van der Waals surface area contributed by atoms with Gasteiger partial charge in [0.05, 0.1) is 17.5 Å². The molecule has 0 bridgehead atoms. The van der Waals surface area contributed by atoms with E-state index in [-0.39, 0.29) is 12.4 Å². The Morgan fingerprint density at radius 1 is 1.30 bits per heavy atom. The zero-order valence-corrected chi connectivity index (χ0v) is 14.7. The van der Waals surface area contributed by atoms with E-state index in [9.17, 15) is 27.2 Å². The van der Waals surface area contributed by atoms with Crippen LogP contribution in [0.25, 0.3) is 0 Å². The molecule has 0 unspecified atom stereocenters. The van der Waals surface area contributed by atoms with Gasteiger partial charge in [0.25, 0.3) is 0 Å². The molecule has 150 valence electrons. The number of para-hydroxylation sites is 1. The lowest BCUT2D eigenvalue weighted by Crippen LogP contribution is -2.40. The smallest absolute Gasteiger partial charge is 0.394 e. The molecule has 6 nitrogen and oxygen atoms in total. The summed E-state index contributed by atoms with van der Waals surface area (Å²) in [7, 11) is 1.69. The number of carbonyl (C=O) groups excluding carboxylic acids is 1. The number of rotatable bonds is 6. The van der Waals surface area contributed by atoms with Crippen molar-refractivity contribution in [1.29, 1.82) is 0 Å². The van der Waals surface area contributed by atoms with Crippen LogP contribution in [0.5, 0.6) is 0 Å². The fraction of sp³-hybridized carbons (Fsp3) is 0.529. The number of hydrogen-bond acceptors (Lipinski definition) is 3. The number of anilines is 1. The van der Waals surface area contributed by atoms with E-state index in [0.717, 1.165) is 4.90 Å². The summed E-state index contributed by atoms with van der Waals surface area (Å²) in [5, 5.41) is 11.4. The van der Waals surface area contributed by atoms with Crippen LogP contribution in [0.2, 0.25) is 0 Å². The van der Waals surface area contributed by atoms with E-state index in [4.69, 9.17) is 5.11 Å². The molecule has 2 rings (SSSR count). The number of nitrogens with one attached hydrogen (secondary N) is 1. The molecule has 0 spiro atoms. The van der Waals surface area contributed by atoms with Crippen molar-refractivity contribution in [2.24, 2.45) is 11.8 Å². The summed E-state index contributed by atoms with van der Waals surface area (Å²) in [5.74, 6) is -5.69. The van der Waals surface area contributed by atoms with Gasteiger partial charge in [0.1, 0.15) is 5.82 Å². The maximum absolute atomic E-state index is 13.7. The van der Waals surface area contributed by atoms with Gasteiger partial charge < -0.3 is 20.2 Å². The van der Waals surface area contributed by atoms with E-state index in [2.05, 4.69) is 5.32 Å². The van der Waals surface area contributed by atoms with Crippen molar-refractivity contribution in [1.82, 2.24) is 10.2 Å². The van der Waals surface area contributed by atoms with Crippen molar-refractivity contribution < 1.29 is 32.3 Å². The van der Waals surface area contributed by atoms with Crippen molar-refractivity contribution in [2.45, 2.75) is 12.6 Å². The topological polar surface area (TPSA) is 72.9 Å². The van der Waals surface area contributed by atoms with Gasteiger partial charge in [0, 0.05) is 33.2 Å². The quantitative estimate of drug-likeness (QED) is 0.578. The molecule has 2 N–H and O–H groups in total. The lowest BCUT2D eigenvalue weighted by molar-refractivity contribution is -0.187. The Hall–Kier alpha value is -2.52. The molecule has 1 fully saturated rings. The van der Waals surface area contributed by atoms with Crippen LogP contribution in [0, 0.1) is 17.7 Å². The van der Waals surface area contributed by atoms with Gasteiger partial charge in [0.2, 0.25) is 0 Å². The molecular formula is C17H21F4N3O3. The van der Waals surface area contributed by atoms with Crippen LogP contribution < -0.4 is 10.2 Å². The van der Waals surface area contributed by atoms with Crippen LogP contribution in [-0.2, 0) is 4.79 Å². The average molecular weight is 391 g/mol. The van der Waals surface area contributed by atoms with E-state index in [0.29, 0.717) is 18.7 Å². The molecule has 1 saturated heterocycles. The third-order valence-corrected chi connectivity index (χ3v) is 4.55. The maximum Gasteiger partial charge on any atom is 0.394 e. The van der Waals surface area contributed by atoms with Gasteiger partial charge in [-0.15, -0.1) is 0 Å². The van der Waals surface area contributed by atoms with Gasteiger partial charge >= 0.3 is 18.2 Å². The van der Waals surface area contributed by atoms with E-state index in [1.165, 1.54) is 6.07 Å². The Labute approximate surface area is 153 Å². The maximum atomic E-state index is 13.7. The highest BCUT2D eigenvalue weighted by Gasteiger charge is 2.53. The van der Waals surface area contributed by atoms with Crippen LogP contribution in [0.4, 0.5) is 28.0 Å². The summed E-state index contributed by atoms with van der Waals surface area (Å²) in [6.45, 7) is -0.575. The van der Waals surface area contributed by atoms with Gasteiger partial charge in [-0.25, -0.2) is 9.18 Å². The number of hydrogen-bond donors (Lipinski definition) is 2. The molecule has 0 aliphatic carbocycles. The number of carboxylic acids is 1. The summed E-state index contributed by atoms with van der Waals surface area (Å²) in [4.78, 5) is 25.6. The van der Waals surface area contributed by atoms with Crippen LogP contribution in [0.15, 0.2) is 24.3 Å². The zero-order valence-electron chi connectivity index (χ0n) is 14.7. The zero-order chi connectivity index (χ0) is 20.2. The minimum atomic E-state index is -4.68. The first kappa shape index (κ1) is 20.8. The third kappa shape index (κ3) is 5.24. The number of nitrogens with zero attached hydrogens (tertiary/aromatic N) is 2. The molecule has 1 aromatic rings. The van der Waals surface area contributed by atoms with Crippen LogP contribution >= 0.6 is 0 Å². The van der Waals surface area contributed by atoms with Crippen molar-refractivity contribution in [3.63, 3.8) is 0 Å². The standard InChI is InChI=1S/C17H21F4N3O3/c1-23(14-6-3-2-5-13(14)18)8-4-7-22-16(27)24-9-11(15(25)26)12(10-24)17(19,20)21/h2-3,5-6,11-12H,4,7-10H2,1H3,(H,22,27)(H,25,26)/t11-,12-/m1/s1. The summed E-state index contributed by atoms with van der Waals surface area (Å²) in [5.41, 5.74) is 0.403. The molecule has 2 amide bonds. The lowest BCUT2D eigenvalue weighted by Gasteiger charge is -2.21. The van der Waals surface area contributed by atoms with Gasteiger partial charge in [0.15, 0.2) is 0 Å². The van der Waals surface area contributed by atoms with Gasteiger partial charge in [-0.05, 0) is 18.6 Å². The van der Waals surface area contributed by atoms with E-state index in [1.54, 1.807) is 30.1 Å². The monoisotopic (exact) mass is 391 g/mol. The molecule has 0 radical (unpaired) electrons. The highest BCUT2D eigenvalue weighted by molar-refractivity contribution is 5.77. The Morgan fingerprint density at radius 3 is 2.52 bits per heavy atom. The number of carbonyl (C=O) groups is 2. The first-order valence-corrected chi connectivity index (χ1v) is 8.39. The van der Waals surface area contributed by atoms with Gasteiger partial charge in [-0.2, -0.15) is 13.2 Å². The summed E-state index contributed by atoms with van der Waals surface area (Å²) in [6, 6.07) is 5.47. The third-order valence-electron chi connectivity index (χ3n) is 4.55. The van der Waals surface area contributed by atoms with Crippen molar-refractivity contribution >= 4 is 17.7 Å². The second kappa shape index (κ2) is 8.45. The van der Waals surface area contributed by atoms with E-state index < -0.39 is 43.1 Å². The molecule has 1 aliphatic heterocycles. The Bertz CT molecular complexity index is 684. The average Bonchev–Trinajstić information content (AvgIpc) is 3.05. The summed E-state index contributed by atoms with van der Waals surface area (Å²) >= 11 is 0. The highest BCUT2D eigenvalue weighted by atomic mass is 19.4. The molecule has 10 heteroatoms. The minimum Gasteiger partial charge on any atom is -0.481 e. The van der Waals surface area contributed by atoms with Crippen molar-refractivity contribution in [3.05, 3.63) is 30.1 Å². The van der Waals surface area contributed by atoms with Crippen molar-refractivity contribution in [2.75, 3.05) is 38.1 Å². The van der Waals surface area contributed by atoms with Gasteiger partial charge in [-0.1, -0.05) is 12.1 Å². The van der Waals surface area contributed by atoms with Gasteiger partial charge in [-0.3, -0.25) is 4.79 Å². The number of halogens is 4. The van der Waals surface area contributed by atoms with E-state index >= 15 is 0 Å². The molecule has 27 heavy (non-hydrogen) atoms. The Morgan fingerprint density at radius 2 is 1.96 bits per heavy atom. The molecule has 0 saturated carbocycles. The minimum absolute atomic E-state index is 0.169. The SMILES string of the molecule is CN(CCCNC(=O)N1C[C@@H](C(F)(F)F)[C@H](C(=O)O)C1)c1ccccc1F. The number of alkyl halides is 3. The number of urea groups is 1. The van der Waals surface area contributed by atoms with Crippen LogP contribution in [0.3, 0.4) is 0 Å². The van der Waals surface area contributed by atoms with Crippen LogP contribution in [0.1, 0.15) is 6.42 Å².